The van der Waals surface area contributed by atoms with Gasteiger partial charge in [0.05, 0.1) is 24.4 Å². The zero-order valence-corrected chi connectivity index (χ0v) is 20.5. The number of hydrogen-bond donors (Lipinski definition) is 4. The van der Waals surface area contributed by atoms with Crippen LogP contribution in [0.2, 0.25) is 0 Å². The molecule has 0 radical (unpaired) electrons. The molecule has 4 rings (SSSR count). The summed E-state index contributed by atoms with van der Waals surface area (Å²) in [4.78, 5) is 0. The van der Waals surface area contributed by atoms with E-state index in [2.05, 4.69) is 34.6 Å². The molecule has 0 heterocycles. The lowest BCUT2D eigenvalue weighted by Gasteiger charge is -2.63. The molecule has 12 atom stereocenters. The largest absolute Gasteiger partial charge is 0.393 e. The maximum Gasteiger partial charge on any atom is 0.0602 e. The lowest BCUT2D eigenvalue weighted by molar-refractivity contribution is -0.207. The monoisotopic (exact) mass is 436 g/mol. The second kappa shape index (κ2) is 8.56. The summed E-state index contributed by atoms with van der Waals surface area (Å²) in [6, 6.07) is 0. The molecular weight excluding hydrogens is 388 g/mol. The second-order valence-corrected chi connectivity index (χ2v) is 12.9. The maximum absolute atomic E-state index is 11.6. The fourth-order valence-corrected chi connectivity index (χ4v) is 9.10. The van der Waals surface area contributed by atoms with Crippen molar-refractivity contribution in [3.05, 3.63) is 0 Å². The Morgan fingerprint density at radius 2 is 1.58 bits per heavy atom. The van der Waals surface area contributed by atoms with Crippen molar-refractivity contribution in [2.24, 2.45) is 52.3 Å². The summed E-state index contributed by atoms with van der Waals surface area (Å²) in [5.41, 5.74) is -0.00175. The standard InChI is InChI=1S/C27H48O4/c1-15(2)22(29)9-6-16(3)19-7-8-20-25-21(14-24(31)27(19,20)5)26(4)11-10-18(28)12-17(26)13-23(25)30/h15-25,28-31H,6-14H2,1-5H3/t16-,17+,18-,19-,20+,21+,22-,23-,24+,25+,26+,27-/m1/s1. The van der Waals surface area contributed by atoms with Crippen LogP contribution < -0.4 is 0 Å². The maximum atomic E-state index is 11.6. The van der Waals surface area contributed by atoms with E-state index in [0.717, 1.165) is 57.8 Å². The Balaban J connectivity index is 1.55. The van der Waals surface area contributed by atoms with Gasteiger partial charge < -0.3 is 20.4 Å². The molecule has 4 nitrogen and oxygen atoms in total. The summed E-state index contributed by atoms with van der Waals surface area (Å²) >= 11 is 0. The average Bonchev–Trinajstić information content (AvgIpc) is 3.06. The zero-order valence-electron chi connectivity index (χ0n) is 20.5. The SMILES string of the molecule is CC(C)[C@H](O)CC[C@@H](C)[C@H]1CC[C@H]2[C@@H]3[C@H](O)C[C@@H]4C[C@H](O)CC[C@]4(C)[C@H]3C[C@H](O)[C@]12C. The fraction of sp³-hybridized carbons (Fsp3) is 1.00. The van der Waals surface area contributed by atoms with Crippen molar-refractivity contribution in [1.82, 2.24) is 0 Å². The first-order valence-electron chi connectivity index (χ1n) is 13.2. The molecule has 0 aromatic heterocycles. The van der Waals surface area contributed by atoms with Crippen molar-refractivity contribution < 1.29 is 20.4 Å². The minimum Gasteiger partial charge on any atom is -0.393 e. The highest BCUT2D eigenvalue weighted by molar-refractivity contribution is 5.14. The van der Waals surface area contributed by atoms with Crippen molar-refractivity contribution in [3.8, 4) is 0 Å². The van der Waals surface area contributed by atoms with Gasteiger partial charge in [-0.25, -0.2) is 0 Å². The van der Waals surface area contributed by atoms with Gasteiger partial charge in [0.15, 0.2) is 0 Å². The summed E-state index contributed by atoms with van der Waals surface area (Å²) in [5.74, 6) is 2.62. The third-order valence-corrected chi connectivity index (χ3v) is 11.2. The summed E-state index contributed by atoms with van der Waals surface area (Å²) < 4.78 is 0. The van der Waals surface area contributed by atoms with E-state index in [0.29, 0.717) is 35.5 Å². The Morgan fingerprint density at radius 3 is 2.26 bits per heavy atom. The Bertz CT molecular complexity index is 637. The number of hydrogen-bond acceptors (Lipinski definition) is 4. The number of fused-ring (bicyclic) bond motifs is 5. The molecular formula is C27H48O4. The normalized spacial score (nSPS) is 51.7. The van der Waals surface area contributed by atoms with Gasteiger partial charge in [0.25, 0.3) is 0 Å². The summed E-state index contributed by atoms with van der Waals surface area (Å²) in [6.45, 7) is 11.2. The first-order valence-corrected chi connectivity index (χ1v) is 13.2. The van der Waals surface area contributed by atoms with Crippen LogP contribution in [0.3, 0.4) is 0 Å². The molecule has 4 aliphatic carbocycles. The van der Waals surface area contributed by atoms with E-state index in [9.17, 15) is 20.4 Å². The van der Waals surface area contributed by atoms with Gasteiger partial charge in [-0.2, -0.15) is 0 Å². The molecule has 0 amide bonds. The highest BCUT2D eigenvalue weighted by atomic mass is 16.3. The highest BCUT2D eigenvalue weighted by Gasteiger charge is 2.65. The highest BCUT2D eigenvalue weighted by Crippen LogP contribution is 2.68. The van der Waals surface area contributed by atoms with E-state index in [1.54, 1.807) is 0 Å². The van der Waals surface area contributed by atoms with Gasteiger partial charge in [0.1, 0.15) is 0 Å². The minimum atomic E-state index is -0.321. The molecule has 4 N–H and O–H groups in total. The van der Waals surface area contributed by atoms with Crippen LogP contribution in [0, 0.1) is 52.3 Å². The van der Waals surface area contributed by atoms with E-state index in [-0.39, 0.29) is 41.2 Å². The Kier molecular flexibility index (Phi) is 6.62. The summed E-state index contributed by atoms with van der Waals surface area (Å²) in [5, 5.41) is 43.6. The molecule has 0 aromatic rings. The van der Waals surface area contributed by atoms with E-state index in [1.807, 2.05) is 0 Å². The molecule has 0 bridgehead atoms. The van der Waals surface area contributed by atoms with Crippen LogP contribution in [0.25, 0.3) is 0 Å². The molecule has 4 heteroatoms. The Hall–Kier alpha value is -0.160. The van der Waals surface area contributed by atoms with Crippen LogP contribution >= 0.6 is 0 Å². The molecule has 180 valence electrons. The van der Waals surface area contributed by atoms with Crippen molar-refractivity contribution in [2.45, 2.75) is 117 Å². The Morgan fingerprint density at radius 1 is 0.871 bits per heavy atom. The number of rotatable bonds is 5. The molecule has 0 saturated heterocycles. The summed E-state index contributed by atoms with van der Waals surface area (Å²) in [7, 11) is 0. The van der Waals surface area contributed by atoms with Gasteiger partial charge in [-0.1, -0.05) is 34.6 Å². The predicted molar refractivity (Wildman–Crippen MR) is 123 cm³/mol. The molecule has 0 aromatic carbocycles. The molecule has 0 aliphatic heterocycles. The van der Waals surface area contributed by atoms with Crippen LogP contribution in [-0.4, -0.2) is 44.8 Å². The van der Waals surface area contributed by atoms with Crippen LogP contribution in [0.1, 0.15) is 92.4 Å². The third kappa shape index (κ3) is 3.82. The fourth-order valence-electron chi connectivity index (χ4n) is 9.10. The molecule has 0 unspecified atom stereocenters. The van der Waals surface area contributed by atoms with Gasteiger partial charge in [-0.3, -0.25) is 0 Å². The lowest BCUT2D eigenvalue weighted by Crippen LogP contribution is -2.62. The molecule has 4 fully saturated rings. The van der Waals surface area contributed by atoms with Gasteiger partial charge >= 0.3 is 0 Å². The number of aliphatic hydroxyl groups excluding tert-OH is 4. The molecule has 0 spiro atoms. The smallest absolute Gasteiger partial charge is 0.0602 e. The van der Waals surface area contributed by atoms with E-state index in [1.165, 1.54) is 0 Å². The van der Waals surface area contributed by atoms with Crippen molar-refractivity contribution >= 4 is 0 Å². The van der Waals surface area contributed by atoms with E-state index < -0.39 is 0 Å². The molecule has 4 aliphatic rings. The van der Waals surface area contributed by atoms with Crippen LogP contribution in [0.15, 0.2) is 0 Å². The minimum absolute atomic E-state index is 0.135. The van der Waals surface area contributed by atoms with Crippen molar-refractivity contribution in [3.63, 3.8) is 0 Å². The van der Waals surface area contributed by atoms with Crippen LogP contribution in [-0.2, 0) is 0 Å². The van der Waals surface area contributed by atoms with Crippen molar-refractivity contribution in [2.75, 3.05) is 0 Å². The first-order chi connectivity index (χ1) is 14.5. The van der Waals surface area contributed by atoms with E-state index in [4.69, 9.17) is 0 Å². The van der Waals surface area contributed by atoms with Crippen LogP contribution in [0.4, 0.5) is 0 Å². The zero-order chi connectivity index (χ0) is 22.7. The second-order valence-electron chi connectivity index (χ2n) is 12.9. The average molecular weight is 437 g/mol. The molecule has 4 saturated carbocycles. The van der Waals surface area contributed by atoms with Gasteiger partial charge in [0, 0.05) is 0 Å². The predicted octanol–water partition coefficient (Wildman–Crippen LogP) is 4.38. The number of aliphatic hydroxyl groups is 4. The lowest BCUT2D eigenvalue weighted by atomic mass is 9.43. The first kappa shape index (κ1) is 24.0. The Labute approximate surface area is 189 Å². The van der Waals surface area contributed by atoms with Gasteiger partial charge in [0.2, 0.25) is 0 Å². The van der Waals surface area contributed by atoms with Crippen LogP contribution in [0.5, 0.6) is 0 Å². The quantitative estimate of drug-likeness (QED) is 0.515. The van der Waals surface area contributed by atoms with E-state index >= 15 is 0 Å². The van der Waals surface area contributed by atoms with Gasteiger partial charge in [-0.05, 0) is 110 Å². The topological polar surface area (TPSA) is 80.9 Å². The molecule has 31 heavy (non-hydrogen) atoms. The third-order valence-electron chi connectivity index (χ3n) is 11.2. The van der Waals surface area contributed by atoms with Crippen molar-refractivity contribution in [1.29, 1.82) is 0 Å². The summed E-state index contributed by atoms with van der Waals surface area (Å²) in [6.07, 6.45) is 7.31. The van der Waals surface area contributed by atoms with Gasteiger partial charge in [-0.15, -0.1) is 0 Å².